The minimum Gasteiger partial charge on any atom is -0.461 e. The van der Waals surface area contributed by atoms with Crippen LogP contribution in [0.2, 0.25) is 0 Å². The van der Waals surface area contributed by atoms with Gasteiger partial charge in [-0.3, -0.25) is 10.1 Å². The lowest BCUT2D eigenvalue weighted by Crippen LogP contribution is -2.41. The summed E-state index contributed by atoms with van der Waals surface area (Å²) in [7, 11) is 0. The average molecular weight is 575 g/mol. The summed E-state index contributed by atoms with van der Waals surface area (Å²) < 4.78 is 17.8. The zero-order valence-corrected chi connectivity index (χ0v) is 23.8. The Hall–Kier alpha value is -5.00. The van der Waals surface area contributed by atoms with Gasteiger partial charge in [-0.15, -0.1) is 0 Å². The van der Waals surface area contributed by atoms with Crippen LogP contribution in [0, 0.1) is 0 Å². The average Bonchev–Trinajstić information content (AvgIpc) is 3.38. The molecular weight excluding hydrogens is 540 g/mol. The number of ether oxygens (including phenoxy) is 3. The summed E-state index contributed by atoms with van der Waals surface area (Å²) in [6.45, 7) is 5.86. The van der Waals surface area contributed by atoms with Crippen LogP contribution in [0.15, 0.2) is 73.3 Å². The molecule has 0 bridgehead atoms. The van der Waals surface area contributed by atoms with Crippen LogP contribution in [0.4, 0.5) is 15.4 Å². The first-order valence-corrected chi connectivity index (χ1v) is 13.5. The predicted molar refractivity (Wildman–Crippen MR) is 154 cm³/mol. The Kier molecular flexibility index (Phi) is 10.0. The largest absolute Gasteiger partial charge is 0.461 e. The number of imidazole rings is 1. The van der Waals surface area contributed by atoms with Crippen LogP contribution in [0.3, 0.4) is 0 Å². The van der Waals surface area contributed by atoms with E-state index in [0.29, 0.717) is 24.1 Å². The number of rotatable bonds is 11. The van der Waals surface area contributed by atoms with Crippen LogP contribution in [0.25, 0.3) is 11.2 Å². The molecule has 1 atom stereocenters. The maximum atomic E-state index is 12.7. The normalized spacial score (nSPS) is 11.9. The van der Waals surface area contributed by atoms with Gasteiger partial charge in [-0.25, -0.2) is 24.5 Å². The molecule has 0 aliphatic heterocycles. The molecule has 0 saturated carbocycles. The summed E-state index contributed by atoms with van der Waals surface area (Å²) in [5.74, 6) is -0.261. The fraction of sp³-hybridized carbons (Fsp3) is 0.333. The van der Waals surface area contributed by atoms with Gasteiger partial charge >= 0.3 is 18.2 Å². The van der Waals surface area contributed by atoms with Gasteiger partial charge in [-0.1, -0.05) is 60.7 Å². The van der Waals surface area contributed by atoms with Crippen molar-refractivity contribution < 1.29 is 28.6 Å². The van der Waals surface area contributed by atoms with Crippen molar-refractivity contribution in [2.45, 2.75) is 65.0 Å². The summed E-state index contributed by atoms with van der Waals surface area (Å²) in [6, 6.07) is 18.1. The molecule has 2 heterocycles. The number of carbonyl (C=O) groups excluding carboxylic acids is 3. The van der Waals surface area contributed by atoms with E-state index >= 15 is 0 Å². The highest BCUT2D eigenvalue weighted by molar-refractivity contribution is 5.93. The summed E-state index contributed by atoms with van der Waals surface area (Å²) in [4.78, 5) is 50.4. The van der Waals surface area contributed by atoms with Crippen LogP contribution < -0.4 is 10.6 Å². The van der Waals surface area contributed by atoms with Crippen LogP contribution in [-0.4, -0.2) is 49.3 Å². The van der Waals surface area contributed by atoms with Crippen LogP contribution in [0.5, 0.6) is 0 Å². The van der Waals surface area contributed by atoms with E-state index in [0.717, 1.165) is 11.1 Å². The van der Waals surface area contributed by atoms with Gasteiger partial charge in [0.25, 0.3) is 0 Å². The molecule has 220 valence electrons. The van der Waals surface area contributed by atoms with Crippen molar-refractivity contribution in [1.82, 2.24) is 24.8 Å². The number of nitrogens with zero attached hydrogens (tertiary/aromatic N) is 4. The highest BCUT2D eigenvalue weighted by atomic mass is 16.6. The van der Waals surface area contributed by atoms with E-state index in [1.807, 2.05) is 60.7 Å². The number of alkyl carbamates (subject to hydrolysis) is 1. The number of esters is 1. The topological polar surface area (TPSA) is 147 Å². The number of carbonyl (C=O) groups is 3. The Labute approximate surface area is 243 Å². The molecule has 42 heavy (non-hydrogen) atoms. The maximum absolute atomic E-state index is 12.7. The lowest BCUT2D eigenvalue weighted by atomic mass is 10.1. The van der Waals surface area contributed by atoms with E-state index in [-0.39, 0.29) is 25.5 Å². The smallest absolute Gasteiger partial charge is 0.413 e. The van der Waals surface area contributed by atoms with Crippen molar-refractivity contribution in [2.24, 2.45) is 0 Å². The lowest BCUT2D eigenvalue weighted by Gasteiger charge is -2.23. The number of nitrogens with one attached hydrogen (secondary N) is 2. The fourth-order valence-corrected chi connectivity index (χ4v) is 3.98. The summed E-state index contributed by atoms with van der Waals surface area (Å²) in [5.41, 5.74) is 1.84. The first-order chi connectivity index (χ1) is 20.2. The third-order valence-corrected chi connectivity index (χ3v) is 5.93. The number of benzene rings is 2. The highest BCUT2D eigenvalue weighted by Crippen LogP contribution is 2.19. The van der Waals surface area contributed by atoms with Gasteiger partial charge < -0.3 is 24.1 Å². The Bertz CT molecular complexity index is 1490. The number of hydrogen-bond donors (Lipinski definition) is 2. The van der Waals surface area contributed by atoms with Gasteiger partial charge in [0.05, 0.1) is 12.7 Å². The molecule has 0 radical (unpaired) electrons. The Balaban J connectivity index is 1.39. The van der Waals surface area contributed by atoms with Gasteiger partial charge in [0.15, 0.2) is 17.0 Å². The van der Waals surface area contributed by atoms with Gasteiger partial charge in [0.1, 0.15) is 25.1 Å². The number of aromatic nitrogens is 4. The van der Waals surface area contributed by atoms with Gasteiger partial charge in [0.2, 0.25) is 0 Å². The summed E-state index contributed by atoms with van der Waals surface area (Å²) in [6.07, 6.45) is 1.83. The molecule has 0 spiro atoms. The van der Waals surface area contributed by atoms with Crippen molar-refractivity contribution in [1.29, 1.82) is 0 Å². The van der Waals surface area contributed by atoms with Crippen LogP contribution in [0.1, 0.15) is 44.7 Å². The molecule has 2 N–H and O–H groups in total. The van der Waals surface area contributed by atoms with Crippen molar-refractivity contribution in [2.75, 3.05) is 5.32 Å². The summed E-state index contributed by atoms with van der Waals surface area (Å²) >= 11 is 0. The molecule has 4 aromatic rings. The van der Waals surface area contributed by atoms with E-state index < -0.39 is 29.8 Å². The van der Waals surface area contributed by atoms with Gasteiger partial charge in [0, 0.05) is 12.6 Å². The quantitative estimate of drug-likeness (QED) is 0.187. The molecule has 0 fully saturated rings. The summed E-state index contributed by atoms with van der Waals surface area (Å²) in [5, 5.41) is 5.39. The molecular formula is C30H34N6O6. The number of fused-ring (bicyclic) bond motifs is 1. The highest BCUT2D eigenvalue weighted by Gasteiger charge is 2.23. The molecule has 0 saturated heterocycles. The molecule has 2 aromatic heterocycles. The second kappa shape index (κ2) is 14.1. The molecule has 0 unspecified atom stereocenters. The van der Waals surface area contributed by atoms with Gasteiger partial charge in [-0.2, -0.15) is 0 Å². The molecule has 12 heteroatoms. The zero-order valence-electron chi connectivity index (χ0n) is 23.8. The van der Waals surface area contributed by atoms with Crippen molar-refractivity contribution in [3.8, 4) is 0 Å². The zero-order chi connectivity index (χ0) is 30.0. The van der Waals surface area contributed by atoms with Crippen LogP contribution in [-0.2, 0) is 38.8 Å². The number of hydrogen-bond acceptors (Lipinski definition) is 9. The van der Waals surface area contributed by atoms with E-state index in [9.17, 15) is 14.4 Å². The Morgan fingerprint density at radius 3 is 2.14 bits per heavy atom. The number of anilines is 1. The van der Waals surface area contributed by atoms with Crippen LogP contribution >= 0.6 is 0 Å². The Morgan fingerprint density at radius 1 is 0.857 bits per heavy atom. The van der Waals surface area contributed by atoms with E-state index in [1.54, 1.807) is 31.7 Å². The molecule has 0 aliphatic carbocycles. The molecule has 4 rings (SSSR count). The lowest BCUT2D eigenvalue weighted by molar-refractivity contribution is -0.145. The van der Waals surface area contributed by atoms with E-state index in [1.165, 1.54) is 6.33 Å². The molecule has 2 aromatic carbocycles. The second-order valence-corrected chi connectivity index (χ2v) is 10.5. The minimum atomic E-state index is -0.703. The predicted octanol–water partition coefficient (Wildman–Crippen LogP) is 4.99. The third-order valence-electron chi connectivity index (χ3n) is 5.93. The van der Waals surface area contributed by atoms with E-state index in [4.69, 9.17) is 14.2 Å². The van der Waals surface area contributed by atoms with Crippen molar-refractivity contribution >= 4 is 35.1 Å². The number of amides is 2. The molecule has 12 nitrogen and oxygen atoms in total. The van der Waals surface area contributed by atoms with Crippen molar-refractivity contribution in [3.05, 3.63) is 84.4 Å². The fourth-order valence-electron chi connectivity index (χ4n) is 3.98. The minimum absolute atomic E-state index is 0.0618. The third kappa shape index (κ3) is 9.29. The first kappa shape index (κ1) is 30.0. The van der Waals surface area contributed by atoms with E-state index in [2.05, 4.69) is 25.6 Å². The SMILES string of the molecule is CC(C)(C)OC(=O)N[C@H](CCn1cnc2c(NC(=O)OCc3ccccc3)ncnc21)CC(=O)OCc1ccccc1. The maximum Gasteiger partial charge on any atom is 0.413 e. The monoisotopic (exact) mass is 574 g/mol. The molecule has 2 amide bonds. The standard InChI is InChI=1S/C30H34N6O6/c1-30(2,3)42-29(39)34-23(16-24(37)40-17-21-10-6-4-7-11-21)14-15-36-20-33-25-26(31-19-32-27(25)36)35-28(38)41-18-22-12-8-5-9-13-22/h4-13,19-20,23H,14-18H2,1-3H3,(H,34,39)(H,31,32,35,38)/t23-/m1/s1. The molecule has 0 aliphatic rings. The Morgan fingerprint density at radius 2 is 1.50 bits per heavy atom. The first-order valence-electron chi connectivity index (χ1n) is 13.5. The second-order valence-electron chi connectivity index (χ2n) is 10.5. The number of aryl methyl sites for hydroxylation is 1. The van der Waals surface area contributed by atoms with Crippen molar-refractivity contribution in [3.63, 3.8) is 0 Å². The van der Waals surface area contributed by atoms with Gasteiger partial charge in [-0.05, 0) is 38.3 Å².